The van der Waals surface area contributed by atoms with Gasteiger partial charge in [-0.3, -0.25) is 9.59 Å². The lowest BCUT2D eigenvalue weighted by Gasteiger charge is -2.28. The first-order valence-electron chi connectivity index (χ1n) is 7.85. The molecule has 136 valence electrons. The minimum absolute atomic E-state index is 0.00656. The smallest absolute Gasteiger partial charge is 0.247 e. The largest absolute Gasteiger partial charge is 0.343 e. The van der Waals surface area contributed by atoms with Crippen LogP contribution in [0.25, 0.3) is 0 Å². The van der Waals surface area contributed by atoms with Crippen molar-refractivity contribution in [3.05, 3.63) is 64.7 Å². The SMILES string of the molecule is O=C(Nc1ccc(Cl)cc1F)C1CSC(Cc2ccc(F)cc2)C(=O)N1. The molecule has 2 aromatic carbocycles. The summed E-state index contributed by atoms with van der Waals surface area (Å²) in [5.74, 6) is -1.39. The Hall–Kier alpha value is -2.12. The summed E-state index contributed by atoms with van der Waals surface area (Å²) >= 11 is 7.02. The number of hydrogen-bond acceptors (Lipinski definition) is 3. The van der Waals surface area contributed by atoms with Crippen LogP contribution >= 0.6 is 23.4 Å². The second-order valence-corrected chi connectivity index (χ2v) is 7.50. The first-order valence-corrected chi connectivity index (χ1v) is 9.27. The molecule has 0 spiro atoms. The minimum atomic E-state index is -0.757. The van der Waals surface area contributed by atoms with E-state index < -0.39 is 17.8 Å². The molecule has 2 amide bonds. The second-order valence-electron chi connectivity index (χ2n) is 5.83. The average molecular weight is 397 g/mol. The molecule has 0 aliphatic carbocycles. The number of anilines is 1. The van der Waals surface area contributed by atoms with E-state index in [2.05, 4.69) is 10.6 Å². The zero-order chi connectivity index (χ0) is 18.7. The van der Waals surface area contributed by atoms with E-state index in [-0.39, 0.29) is 27.7 Å². The molecule has 0 radical (unpaired) electrons. The van der Waals surface area contributed by atoms with Gasteiger partial charge in [0.15, 0.2) is 0 Å². The van der Waals surface area contributed by atoms with E-state index in [1.165, 1.54) is 36.0 Å². The van der Waals surface area contributed by atoms with Crippen LogP contribution in [-0.4, -0.2) is 28.9 Å². The highest BCUT2D eigenvalue weighted by atomic mass is 35.5. The zero-order valence-corrected chi connectivity index (χ0v) is 15.0. The van der Waals surface area contributed by atoms with Gasteiger partial charge in [-0.1, -0.05) is 23.7 Å². The number of carbonyl (C=O) groups is 2. The van der Waals surface area contributed by atoms with Crippen LogP contribution < -0.4 is 10.6 Å². The summed E-state index contributed by atoms with van der Waals surface area (Å²) in [7, 11) is 0. The number of amides is 2. The van der Waals surface area contributed by atoms with Crippen molar-refractivity contribution >= 4 is 40.9 Å². The van der Waals surface area contributed by atoms with E-state index >= 15 is 0 Å². The Balaban J connectivity index is 1.58. The van der Waals surface area contributed by atoms with Gasteiger partial charge in [-0.05, 0) is 42.3 Å². The highest BCUT2D eigenvalue weighted by molar-refractivity contribution is 8.00. The molecular formula is C18H15ClF2N2O2S. The topological polar surface area (TPSA) is 58.2 Å². The normalized spacial score (nSPS) is 19.7. The molecule has 0 saturated carbocycles. The molecule has 0 bridgehead atoms. The lowest BCUT2D eigenvalue weighted by Crippen LogP contribution is -2.52. The van der Waals surface area contributed by atoms with Crippen LogP contribution in [0.5, 0.6) is 0 Å². The fraction of sp³-hybridized carbons (Fsp3) is 0.222. The number of rotatable bonds is 4. The molecule has 1 aliphatic heterocycles. The number of benzene rings is 2. The summed E-state index contributed by atoms with van der Waals surface area (Å²) in [5, 5.41) is 4.97. The van der Waals surface area contributed by atoms with E-state index in [9.17, 15) is 18.4 Å². The highest BCUT2D eigenvalue weighted by Gasteiger charge is 2.32. The van der Waals surface area contributed by atoms with Crippen LogP contribution in [-0.2, 0) is 16.0 Å². The standard InChI is InChI=1S/C18H15ClF2N2O2S/c19-11-3-6-14(13(21)8-11)22-17(24)15-9-26-16(18(25)23-15)7-10-1-4-12(20)5-2-10/h1-6,8,15-16H,7,9H2,(H,22,24)(H,23,25). The number of halogens is 3. The van der Waals surface area contributed by atoms with E-state index in [1.807, 2.05) is 0 Å². The van der Waals surface area contributed by atoms with E-state index in [0.717, 1.165) is 11.6 Å². The van der Waals surface area contributed by atoms with Gasteiger partial charge >= 0.3 is 0 Å². The molecule has 1 heterocycles. The summed E-state index contributed by atoms with van der Waals surface area (Å²) in [5.41, 5.74) is 0.845. The van der Waals surface area contributed by atoms with E-state index in [4.69, 9.17) is 11.6 Å². The van der Waals surface area contributed by atoms with Crippen molar-refractivity contribution in [2.75, 3.05) is 11.1 Å². The molecule has 1 fully saturated rings. The van der Waals surface area contributed by atoms with Gasteiger partial charge in [0.1, 0.15) is 17.7 Å². The molecule has 26 heavy (non-hydrogen) atoms. The molecule has 2 unspecified atom stereocenters. The third-order valence-corrected chi connectivity index (χ3v) is 5.46. The van der Waals surface area contributed by atoms with Crippen LogP contribution in [0.2, 0.25) is 5.02 Å². The molecular weight excluding hydrogens is 382 g/mol. The lowest BCUT2D eigenvalue weighted by atomic mass is 10.1. The maximum absolute atomic E-state index is 13.8. The Morgan fingerprint density at radius 1 is 1.23 bits per heavy atom. The maximum Gasteiger partial charge on any atom is 0.247 e. The predicted molar refractivity (Wildman–Crippen MR) is 98.3 cm³/mol. The summed E-state index contributed by atoms with van der Waals surface area (Å²) in [4.78, 5) is 24.5. The summed E-state index contributed by atoms with van der Waals surface area (Å²) in [6, 6.07) is 9.13. The molecule has 0 aromatic heterocycles. The van der Waals surface area contributed by atoms with Gasteiger partial charge in [0, 0.05) is 10.8 Å². The Morgan fingerprint density at radius 3 is 2.62 bits per heavy atom. The van der Waals surface area contributed by atoms with Gasteiger partial charge in [0.05, 0.1) is 10.9 Å². The summed E-state index contributed by atoms with van der Waals surface area (Å²) in [6.45, 7) is 0. The maximum atomic E-state index is 13.8. The van der Waals surface area contributed by atoms with Crippen LogP contribution in [0.3, 0.4) is 0 Å². The van der Waals surface area contributed by atoms with Crippen molar-refractivity contribution in [1.82, 2.24) is 5.32 Å². The molecule has 2 atom stereocenters. The Morgan fingerprint density at radius 2 is 1.96 bits per heavy atom. The fourth-order valence-corrected chi connectivity index (χ4v) is 3.88. The Bertz CT molecular complexity index is 832. The van der Waals surface area contributed by atoms with Crippen molar-refractivity contribution in [3.8, 4) is 0 Å². The number of thioether (sulfide) groups is 1. The first-order chi connectivity index (χ1) is 12.4. The van der Waals surface area contributed by atoms with E-state index in [1.54, 1.807) is 12.1 Å². The van der Waals surface area contributed by atoms with Crippen LogP contribution in [0, 0.1) is 11.6 Å². The molecule has 1 saturated heterocycles. The van der Waals surface area contributed by atoms with Gasteiger partial charge in [-0.15, -0.1) is 11.8 Å². The third kappa shape index (κ3) is 4.53. The second kappa shape index (κ2) is 8.05. The molecule has 3 rings (SSSR count). The highest BCUT2D eigenvalue weighted by Crippen LogP contribution is 2.24. The first kappa shape index (κ1) is 18.7. The van der Waals surface area contributed by atoms with E-state index in [0.29, 0.717) is 12.2 Å². The van der Waals surface area contributed by atoms with Crippen molar-refractivity contribution < 1.29 is 18.4 Å². The van der Waals surface area contributed by atoms with Gasteiger partial charge in [-0.2, -0.15) is 0 Å². The number of carbonyl (C=O) groups excluding carboxylic acids is 2. The molecule has 1 aliphatic rings. The number of nitrogens with one attached hydrogen (secondary N) is 2. The van der Waals surface area contributed by atoms with Crippen molar-refractivity contribution in [2.24, 2.45) is 0 Å². The van der Waals surface area contributed by atoms with Gasteiger partial charge < -0.3 is 10.6 Å². The summed E-state index contributed by atoms with van der Waals surface area (Å²) < 4.78 is 26.7. The lowest BCUT2D eigenvalue weighted by molar-refractivity contribution is -0.126. The van der Waals surface area contributed by atoms with Gasteiger partial charge in [-0.25, -0.2) is 8.78 Å². The third-order valence-electron chi connectivity index (χ3n) is 3.91. The Labute approximate surface area is 158 Å². The van der Waals surface area contributed by atoms with Crippen molar-refractivity contribution in [2.45, 2.75) is 17.7 Å². The predicted octanol–water partition coefficient (Wildman–Crippen LogP) is 3.40. The van der Waals surface area contributed by atoms with Crippen molar-refractivity contribution in [1.29, 1.82) is 0 Å². The Kier molecular flexibility index (Phi) is 5.78. The minimum Gasteiger partial charge on any atom is -0.343 e. The summed E-state index contributed by atoms with van der Waals surface area (Å²) in [6.07, 6.45) is 0.441. The molecule has 2 aromatic rings. The fourth-order valence-electron chi connectivity index (χ4n) is 2.53. The molecule has 4 nitrogen and oxygen atoms in total. The van der Waals surface area contributed by atoms with Crippen LogP contribution in [0.15, 0.2) is 42.5 Å². The van der Waals surface area contributed by atoms with Gasteiger partial charge in [0.2, 0.25) is 11.8 Å². The zero-order valence-electron chi connectivity index (χ0n) is 13.5. The van der Waals surface area contributed by atoms with Gasteiger partial charge in [0.25, 0.3) is 0 Å². The molecule has 2 N–H and O–H groups in total. The monoisotopic (exact) mass is 396 g/mol. The molecule has 8 heteroatoms. The quantitative estimate of drug-likeness (QED) is 0.832. The average Bonchev–Trinajstić information content (AvgIpc) is 2.61. The number of hydrogen-bond donors (Lipinski definition) is 2. The van der Waals surface area contributed by atoms with Crippen molar-refractivity contribution in [3.63, 3.8) is 0 Å². The van der Waals surface area contributed by atoms with Crippen LogP contribution in [0.1, 0.15) is 5.56 Å². The van der Waals surface area contributed by atoms with Crippen LogP contribution in [0.4, 0.5) is 14.5 Å².